The average Bonchev–Trinajstić information content (AvgIpc) is 2.53. The van der Waals surface area contributed by atoms with Crippen molar-refractivity contribution in [1.82, 2.24) is 5.06 Å². The minimum Gasteiger partial charge on any atom is -0.389 e. The number of rotatable bonds is 11. The van der Waals surface area contributed by atoms with Crippen LogP contribution in [-0.4, -0.2) is 45.8 Å². The lowest BCUT2D eigenvalue weighted by atomic mass is 9.75. The van der Waals surface area contributed by atoms with Gasteiger partial charge in [-0.25, -0.2) is 0 Å². The standard InChI is InChI=1S/C22H43NO3/c1-7-10-20(24)13-12-18(2)11-8-9-14-26-17-19-15-21(3,4)23(25)22(5,6)16-19/h12-13,18-20,24-25H,7-11,14-17H2,1-6H3/b13-12+. The number of hydroxylamine groups is 2. The maximum Gasteiger partial charge on any atom is 0.0720 e. The molecule has 4 heteroatoms. The summed E-state index contributed by atoms with van der Waals surface area (Å²) in [5.41, 5.74) is -0.389. The first kappa shape index (κ1) is 23.6. The van der Waals surface area contributed by atoms with Crippen molar-refractivity contribution >= 4 is 0 Å². The highest BCUT2D eigenvalue weighted by Crippen LogP contribution is 2.39. The first-order valence-electron chi connectivity index (χ1n) is 10.5. The van der Waals surface area contributed by atoms with Crippen LogP contribution in [0.3, 0.4) is 0 Å². The molecule has 2 atom stereocenters. The summed E-state index contributed by atoms with van der Waals surface area (Å²) in [7, 11) is 0. The van der Waals surface area contributed by atoms with E-state index in [4.69, 9.17) is 4.74 Å². The Balaban J connectivity index is 2.17. The molecule has 0 radical (unpaired) electrons. The number of unbranched alkanes of at least 4 members (excludes halogenated alkanes) is 1. The van der Waals surface area contributed by atoms with Crippen LogP contribution < -0.4 is 0 Å². The molecule has 154 valence electrons. The number of aliphatic hydroxyl groups excluding tert-OH is 1. The van der Waals surface area contributed by atoms with Crippen molar-refractivity contribution in [2.75, 3.05) is 13.2 Å². The fourth-order valence-corrected chi connectivity index (χ4v) is 4.32. The summed E-state index contributed by atoms with van der Waals surface area (Å²) >= 11 is 0. The van der Waals surface area contributed by atoms with Gasteiger partial charge in [0.2, 0.25) is 0 Å². The second-order valence-corrected chi connectivity index (χ2v) is 9.50. The molecule has 1 aliphatic heterocycles. The third kappa shape index (κ3) is 8.08. The van der Waals surface area contributed by atoms with Gasteiger partial charge >= 0.3 is 0 Å². The fraction of sp³-hybridized carbons (Fsp3) is 0.909. The van der Waals surface area contributed by atoms with Gasteiger partial charge in [0, 0.05) is 24.3 Å². The summed E-state index contributed by atoms with van der Waals surface area (Å²) < 4.78 is 5.95. The molecule has 0 saturated carbocycles. The fourth-order valence-electron chi connectivity index (χ4n) is 4.32. The Kier molecular flexibility index (Phi) is 9.81. The molecule has 4 nitrogen and oxygen atoms in total. The predicted octanol–water partition coefficient (Wildman–Crippen LogP) is 5.19. The van der Waals surface area contributed by atoms with Crippen LogP contribution in [0.25, 0.3) is 0 Å². The molecule has 1 aliphatic rings. The van der Waals surface area contributed by atoms with E-state index in [-0.39, 0.29) is 17.2 Å². The molecule has 0 aromatic heterocycles. The van der Waals surface area contributed by atoms with Crippen molar-refractivity contribution in [3.8, 4) is 0 Å². The molecule has 1 heterocycles. The molecule has 0 bridgehead atoms. The zero-order valence-electron chi connectivity index (χ0n) is 18.0. The van der Waals surface area contributed by atoms with E-state index in [1.165, 1.54) is 5.06 Å². The zero-order valence-corrected chi connectivity index (χ0v) is 18.0. The molecule has 0 spiro atoms. The highest BCUT2D eigenvalue weighted by Gasteiger charge is 2.44. The van der Waals surface area contributed by atoms with Crippen LogP contribution in [-0.2, 0) is 4.74 Å². The summed E-state index contributed by atoms with van der Waals surface area (Å²) in [6, 6.07) is 0. The van der Waals surface area contributed by atoms with Gasteiger partial charge in [-0.1, -0.05) is 38.8 Å². The van der Waals surface area contributed by atoms with Gasteiger partial charge in [0.25, 0.3) is 0 Å². The number of aliphatic hydroxyl groups is 1. The topological polar surface area (TPSA) is 52.9 Å². The Labute approximate surface area is 161 Å². The molecule has 2 N–H and O–H groups in total. The van der Waals surface area contributed by atoms with Crippen molar-refractivity contribution in [3.63, 3.8) is 0 Å². The van der Waals surface area contributed by atoms with Crippen molar-refractivity contribution in [3.05, 3.63) is 12.2 Å². The van der Waals surface area contributed by atoms with Crippen LogP contribution in [0, 0.1) is 11.8 Å². The van der Waals surface area contributed by atoms with Crippen molar-refractivity contribution in [1.29, 1.82) is 0 Å². The molecule has 0 aliphatic carbocycles. The number of ether oxygens (including phenoxy) is 1. The van der Waals surface area contributed by atoms with Crippen LogP contribution in [0.1, 0.15) is 86.5 Å². The van der Waals surface area contributed by atoms with E-state index in [0.717, 1.165) is 58.2 Å². The van der Waals surface area contributed by atoms with Crippen LogP contribution in [0.15, 0.2) is 12.2 Å². The first-order valence-corrected chi connectivity index (χ1v) is 10.5. The largest absolute Gasteiger partial charge is 0.389 e. The first-order chi connectivity index (χ1) is 12.1. The van der Waals surface area contributed by atoms with Gasteiger partial charge in [0.15, 0.2) is 0 Å². The maximum absolute atomic E-state index is 10.4. The number of allylic oxidation sites excluding steroid dienone is 1. The summed E-state index contributed by atoms with van der Waals surface area (Å²) in [4.78, 5) is 0. The number of piperidine rings is 1. The normalized spacial score (nSPS) is 23.4. The van der Waals surface area contributed by atoms with E-state index < -0.39 is 0 Å². The molecule has 1 rings (SSSR count). The van der Waals surface area contributed by atoms with Gasteiger partial charge < -0.3 is 15.1 Å². The average molecular weight is 370 g/mol. The lowest BCUT2D eigenvalue weighted by Crippen LogP contribution is -2.59. The third-order valence-electron chi connectivity index (χ3n) is 5.52. The van der Waals surface area contributed by atoms with Gasteiger partial charge in [0.05, 0.1) is 6.10 Å². The van der Waals surface area contributed by atoms with Gasteiger partial charge in [-0.3, -0.25) is 0 Å². The van der Waals surface area contributed by atoms with Crippen molar-refractivity contribution in [2.45, 2.75) is 104 Å². The lowest BCUT2D eigenvalue weighted by molar-refractivity contribution is -0.253. The number of hydrogen-bond donors (Lipinski definition) is 2. The summed E-state index contributed by atoms with van der Waals surface area (Å²) in [5, 5.41) is 21.6. The van der Waals surface area contributed by atoms with E-state index in [1.54, 1.807) is 0 Å². The number of hydrogen-bond acceptors (Lipinski definition) is 4. The Morgan fingerprint density at radius 2 is 1.69 bits per heavy atom. The predicted molar refractivity (Wildman–Crippen MR) is 108 cm³/mol. The molecule has 26 heavy (non-hydrogen) atoms. The van der Waals surface area contributed by atoms with Gasteiger partial charge in [-0.05, 0) is 71.6 Å². The quantitative estimate of drug-likeness (QED) is 0.389. The molecule has 1 saturated heterocycles. The third-order valence-corrected chi connectivity index (χ3v) is 5.52. The highest BCUT2D eigenvalue weighted by atomic mass is 16.5. The summed E-state index contributed by atoms with van der Waals surface area (Å²) in [6.07, 6.45) is 11.0. The van der Waals surface area contributed by atoms with Crippen molar-refractivity contribution in [2.24, 2.45) is 11.8 Å². The Hall–Kier alpha value is -0.420. The van der Waals surface area contributed by atoms with E-state index in [9.17, 15) is 10.3 Å². The highest BCUT2D eigenvalue weighted by molar-refractivity contribution is 4.96. The lowest BCUT2D eigenvalue weighted by Gasteiger charge is -2.51. The molecular formula is C22H43NO3. The zero-order chi connectivity index (χ0) is 19.8. The minimum absolute atomic E-state index is 0.195. The van der Waals surface area contributed by atoms with E-state index in [1.807, 2.05) is 6.08 Å². The van der Waals surface area contributed by atoms with Crippen LogP contribution in [0.5, 0.6) is 0 Å². The second-order valence-electron chi connectivity index (χ2n) is 9.50. The van der Waals surface area contributed by atoms with E-state index in [0.29, 0.717) is 11.8 Å². The van der Waals surface area contributed by atoms with Gasteiger partial charge in [0.1, 0.15) is 0 Å². The summed E-state index contributed by atoms with van der Waals surface area (Å²) in [6.45, 7) is 14.3. The Morgan fingerprint density at radius 1 is 1.08 bits per heavy atom. The Bertz CT molecular complexity index is 402. The van der Waals surface area contributed by atoms with Crippen LogP contribution >= 0.6 is 0 Å². The smallest absolute Gasteiger partial charge is 0.0720 e. The monoisotopic (exact) mass is 369 g/mol. The van der Waals surface area contributed by atoms with E-state index >= 15 is 0 Å². The molecule has 0 aromatic rings. The van der Waals surface area contributed by atoms with Crippen LogP contribution in [0.4, 0.5) is 0 Å². The van der Waals surface area contributed by atoms with Gasteiger partial charge in [-0.2, -0.15) is 5.06 Å². The minimum atomic E-state index is -0.287. The van der Waals surface area contributed by atoms with Crippen LogP contribution in [0.2, 0.25) is 0 Å². The maximum atomic E-state index is 10.4. The van der Waals surface area contributed by atoms with E-state index in [2.05, 4.69) is 47.6 Å². The van der Waals surface area contributed by atoms with Gasteiger partial charge in [-0.15, -0.1) is 0 Å². The second kappa shape index (κ2) is 10.8. The molecule has 0 aromatic carbocycles. The SMILES string of the molecule is CCCC(O)/C=C/C(C)CCCCOCC1CC(C)(C)N(O)C(C)(C)C1. The molecule has 1 fully saturated rings. The summed E-state index contributed by atoms with van der Waals surface area (Å²) in [5.74, 6) is 1.02. The molecule has 0 amide bonds. The number of nitrogens with zero attached hydrogens (tertiary/aromatic N) is 1. The Morgan fingerprint density at radius 3 is 2.27 bits per heavy atom. The molecular weight excluding hydrogens is 326 g/mol. The van der Waals surface area contributed by atoms with Crippen molar-refractivity contribution < 1.29 is 15.1 Å². The molecule has 2 unspecified atom stereocenters.